The van der Waals surface area contributed by atoms with Crippen LogP contribution in [0.2, 0.25) is 0 Å². The van der Waals surface area contributed by atoms with E-state index in [9.17, 15) is 18.0 Å². The lowest BCUT2D eigenvalue weighted by molar-refractivity contribution is -0.144. The third-order valence-corrected chi connectivity index (χ3v) is 5.95. The predicted octanol–water partition coefficient (Wildman–Crippen LogP) is 4.92. The van der Waals surface area contributed by atoms with Crippen LogP contribution in [-0.2, 0) is 15.7 Å². The molecule has 0 amide bonds. The molecule has 2 aromatic heterocycles. The summed E-state index contributed by atoms with van der Waals surface area (Å²) in [6.07, 6.45) is -1.47. The molecule has 3 heterocycles. The van der Waals surface area contributed by atoms with Gasteiger partial charge in [0.1, 0.15) is 0 Å². The lowest BCUT2D eigenvalue weighted by Crippen LogP contribution is -2.42. The first-order valence-electron chi connectivity index (χ1n) is 10.8. The highest BCUT2D eigenvalue weighted by Crippen LogP contribution is 2.36. The highest BCUT2D eigenvalue weighted by atomic mass is 32.1. The monoisotopic (exact) mass is 487 g/mol. The maximum atomic E-state index is 13.0. The van der Waals surface area contributed by atoms with Gasteiger partial charge < -0.3 is 20.1 Å². The van der Waals surface area contributed by atoms with Crippen LogP contribution in [0.5, 0.6) is 0 Å². The molecule has 0 aliphatic carbocycles. The number of carboxylic acids is 1. The summed E-state index contributed by atoms with van der Waals surface area (Å²) in [5.74, 6) is -1.57. The summed E-state index contributed by atoms with van der Waals surface area (Å²) in [7, 11) is 0. The Morgan fingerprint density at radius 1 is 1.33 bits per heavy atom. The highest BCUT2D eigenvalue weighted by molar-refractivity contribution is 7.09. The van der Waals surface area contributed by atoms with Gasteiger partial charge >= 0.3 is 12.1 Å². The van der Waals surface area contributed by atoms with Gasteiger partial charge in [0.05, 0.1) is 12.1 Å². The van der Waals surface area contributed by atoms with Gasteiger partial charge in [0.2, 0.25) is 11.0 Å². The lowest BCUT2D eigenvalue weighted by Gasteiger charge is -2.37. The quantitative estimate of drug-likeness (QED) is 0.514. The van der Waals surface area contributed by atoms with E-state index in [1.54, 1.807) is 19.2 Å². The molecule has 12 heteroatoms. The SMILES string of the molecule is CC(C)CN(c1ncc(C(C)CC(=O)O)cc1Nc1nc(C(F)(F)F)ns1)C1CCOCC1. The van der Waals surface area contributed by atoms with Crippen LogP contribution in [0.15, 0.2) is 12.3 Å². The maximum absolute atomic E-state index is 13.0. The average molecular weight is 488 g/mol. The first-order chi connectivity index (χ1) is 15.5. The van der Waals surface area contributed by atoms with Crippen LogP contribution in [0.4, 0.5) is 29.8 Å². The largest absolute Gasteiger partial charge is 0.481 e. The molecule has 1 fully saturated rings. The molecule has 1 aliphatic rings. The number of rotatable bonds is 9. The molecule has 2 aromatic rings. The molecule has 1 saturated heterocycles. The van der Waals surface area contributed by atoms with Crippen molar-refractivity contribution >= 4 is 34.1 Å². The zero-order chi connectivity index (χ0) is 24.2. The minimum atomic E-state index is -4.64. The van der Waals surface area contributed by atoms with Gasteiger partial charge in [-0.25, -0.2) is 4.98 Å². The van der Waals surface area contributed by atoms with Crippen molar-refractivity contribution in [2.24, 2.45) is 5.92 Å². The van der Waals surface area contributed by atoms with E-state index in [-0.39, 0.29) is 23.5 Å². The molecular formula is C21H28F3N5O3S. The van der Waals surface area contributed by atoms with E-state index in [2.05, 4.69) is 38.4 Å². The summed E-state index contributed by atoms with van der Waals surface area (Å²) in [6, 6.07) is 1.91. The topological polar surface area (TPSA) is 100 Å². The molecule has 33 heavy (non-hydrogen) atoms. The number of carboxylic acid groups (broad SMARTS) is 1. The van der Waals surface area contributed by atoms with Gasteiger partial charge in [-0.2, -0.15) is 22.5 Å². The molecule has 1 atom stereocenters. The molecule has 1 aliphatic heterocycles. The standard InChI is InChI=1S/C21H28F3N5O3S/c1-12(2)11-29(15-4-6-32-7-5-15)18-16(9-14(10-25-18)13(3)8-17(30)31)26-20-27-19(28-33-20)21(22,23)24/h9-10,12-13,15H,4-8,11H2,1-3H3,(H,30,31)(H,26,27,28). The van der Waals surface area contributed by atoms with E-state index in [1.165, 1.54) is 0 Å². The Morgan fingerprint density at radius 2 is 2.03 bits per heavy atom. The fourth-order valence-corrected chi connectivity index (χ4v) is 4.35. The molecule has 182 valence electrons. The van der Waals surface area contributed by atoms with Crippen LogP contribution in [-0.4, -0.2) is 51.2 Å². The summed E-state index contributed by atoms with van der Waals surface area (Å²) in [5, 5.41) is 12.1. The molecule has 0 saturated carbocycles. The average Bonchev–Trinajstić information content (AvgIpc) is 3.21. The Hall–Kier alpha value is -2.47. The number of ether oxygens (including phenoxy) is 1. The van der Waals surface area contributed by atoms with Crippen LogP contribution >= 0.6 is 11.5 Å². The molecule has 8 nitrogen and oxygen atoms in total. The van der Waals surface area contributed by atoms with Gasteiger partial charge in [-0.3, -0.25) is 4.79 Å². The fourth-order valence-electron chi connectivity index (χ4n) is 3.75. The first-order valence-corrected chi connectivity index (χ1v) is 11.6. The third-order valence-electron chi connectivity index (χ3n) is 5.32. The van der Waals surface area contributed by atoms with Crippen molar-refractivity contribution in [3.63, 3.8) is 0 Å². The molecule has 0 radical (unpaired) electrons. The van der Waals surface area contributed by atoms with E-state index in [1.807, 2.05) is 0 Å². The van der Waals surface area contributed by atoms with Crippen molar-refractivity contribution in [1.82, 2.24) is 14.3 Å². The molecule has 2 N–H and O–H groups in total. The number of anilines is 3. The van der Waals surface area contributed by atoms with Crippen molar-refractivity contribution in [3.05, 3.63) is 23.7 Å². The number of nitrogens with zero attached hydrogens (tertiary/aromatic N) is 4. The van der Waals surface area contributed by atoms with Gasteiger partial charge in [-0.05, 0) is 36.3 Å². The Kier molecular flexibility index (Phi) is 8.11. The lowest BCUT2D eigenvalue weighted by atomic mass is 9.98. The van der Waals surface area contributed by atoms with E-state index in [0.717, 1.165) is 12.8 Å². The van der Waals surface area contributed by atoms with Gasteiger partial charge in [0.15, 0.2) is 5.82 Å². The third kappa shape index (κ3) is 6.76. The van der Waals surface area contributed by atoms with E-state index < -0.39 is 18.0 Å². The van der Waals surface area contributed by atoms with Crippen LogP contribution < -0.4 is 10.2 Å². The number of carbonyl (C=O) groups is 1. The van der Waals surface area contributed by atoms with Gasteiger partial charge in [-0.15, -0.1) is 0 Å². The zero-order valence-electron chi connectivity index (χ0n) is 18.7. The number of hydrogen-bond donors (Lipinski definition) is 2. The maximum Gasteiger partial charge on any atom is 0.452 e. The van der Waals surface area contributed by atoms with Crippen molar-refractivity contribution in [2.45, 2.75) is 58.2 Å². The number of nitrogens with one attached hydrogen (secondary N) is 1. The minimum Gasteiger partial charge on any atom is -0.481 e. The summed E-state index contributed by atoms with van der Waals surface area (Å²) in [6.45, 7) is 7.89. The number of alkyl halides is 3. The van der Waals surface area contributed by atoms with Crippen molar-refractivity contribution < 1.29 is 27.8 Å². The van der Waals surface area contributed by atoms with E-state index >= 15 is 0 Å². The van der Waals surface area contributed by atoms with Gasteiger partial charge in [0, 0.05) is 43.5 Å². The Balaban J connectivity index is 2.01. The number of halogens is 3. The van der Waals surface area contributed by atoms with Crippen LogP contribution in [0, 0.1) is 5.92 Å². The number of pyridine rings is 1. The van der Waals surface area contributed by atoms with Crippen LogP contribution in [0.25, 0.3) is 0 Å². The molecule has 0 bridgehead atoms. The molecule has 1 unspecified atom stereocenters. The minimum absolute atomic E-state index is 0.00936. The summed E-state index contributed by atoms with van der Waals surface area (Å²) >= 11 is 0.613. The van der Waals surface area contributed by atoms with Crippen LogP contribution in [0.3, 0.4) is 0 Å². The fraction of sp³-hybridized carbons (Fsp3) is 0.619. The highest BCUT2D eigenvalue weighted by Gasteiger charge is 2.36. The first kappa shape index (κ1) is 25.2. The Bertz CT molecular complexity index is 947. The Labute approximate surface area is 194 Å². The summed E-state index contributed by atoms with van der Waals surface area (Å²) < 4.78 is 47.9. The molecule has 0 aromatic carbocycles. The normalized spacial score (nSPS) is 16.1. The molecular weight excluding hydrogens is 459 g/mol. The van der Waals surface area contributed by atoms with E-state index in [4.69, 9.17) is 9.84 Å². The number of hydrogen-bond acceptors (Lipinski definition) is 8. The van der Waals surface area contributed by atoms with Gasteiger partial charge in [0.25, 0.3) is 0 Å². The van der Waals surface area contributed by atoms with E-state index in [0.29, 0.717) is 54.3 Å². The molecule has 3 rings (SSSR count). The summed E-state index contributed by atoms with van der Waals surface area (Å²) in [4.78, 5) is 21.6. The van der Waals surface area contributed by atoms with Crippen molar-refractivity contribution in [1.29, 1.82) is 0 Å². The second kappa shape index (κ2) is 10.6. The van der Waals surface area contributed by atoms with Crippen LogP contribution in [0.1, 0.15) is 57.3 Å². The zero-order valence-corrected chi connectivity index (χ0v) is 19.5. The smallest absolute Gasteiger partial charge is 0.452 e. The second-order valence-corrected chi connectivity index (χ2v) is 9.33. The predicted molar refractivity (Wildman–Crippen MR) is 119 cm³/mol. The Morgan fingerprint density at radius 3 is 2.61 bits per heavy atom. The van der Waals surface area contributed by atoms with Gasteiger partial charge in [-0.1, -0.05) is 20.8 Å². The van der Waals surface area contributed by atoms with Crippen molar-refractivity contribution in [2.75, 3.05) is 30.0 Å². The van der Waals surface area contributed by atoms with Crippen molar-refractivity contribution in [3.8, 4) is 0 Å². The molecule has 0 spiro atoms. The summed E-state index contributed by atoms with van der Waals surface area (Å²) in [5.41, 5.74) is 1.14. The number of aromatic nitrogens is 3. The number of aliphatic carboxylic acids is 1. The second-order valence-electron chi connectivity index (χ2n) is 8.57.